The Hall–Kier alpha value is -4.19. The van der Waals surface area contributed by atoms with Crippen LogP contribution >= 0.6 is 23.2 Å². The monoisotopic (exact) mass is 578 g/mol. The van der Waals surface area contributed by atoms with Gasteiger partial charge in [0.15, 0.2) is 11.6 Å². The van der Waals surface area contributed by atoms with Crippen molar-refractivity contribution in [2.24, 2.45) is 5.92 Å². The van der Waals surface area contributed by atoms with E-state index in [0.717, 1.165) is 16.8 Å². The number of carbonyl (C=O) groups is 3. The third-order valence-corrected chi connectivity index (χ3v) is 9.20. The summed E-state index contributed by atoms with van der Waals surface area (Å²) in [6.45, 7) is 2.01. The summed E-state index contributed by atoms with van der Waals surface area (Å²) in [5.41, 5.74) is 3.55. The van der Waals surface area contributed by atoms with E-state index in [2.05, 4.69) is 5.32 Å². The second-order valence-corrected chi connectivity index (χ2v) is 11.6. The molecule has 3 heterocycles. The van der Waals surface area contributed by atoms with Gasteiger partial charge in [0.25, 0.3) is 0 Å². The number of allylic oxidation sites excluding steroid dienone is 1. The maximum absolute atomic E-state index is 14.8. The number of amides is 1. The molecule has 41 heavy (non-hydrogen) atoms. The van der Waals surface area contributed by atoms with Gasteiger partial charge < -0.3 is 10.2 Å². The smallest absolute Gasteiger partial charge is 0.238 e. The van der Waals surface area contributed by atoms with Gasteiger partial charge in [0, 0.05) is 38.1 Å². The highest BCUT2D eigenvalue weighted by atomic mass is 35.5. The van der Waals surface area contributed by atoms with E-state index < -0.39 is 23.4 Å². The van der Waals surface area contributed by atoms with Crippen molar-refractivity contribution < 1.29 is 14.4 Å². The van der Waals surface area contributed by atoms with Crippen molar-refractivity contribution in [1.82, 2.24) is 0 Å². The molecule has 7 heteroatoms. The molecule has 3 aliphatic rings. The molecule has 3 aliphatic heterocycles. The molecule has 202 valence electrons. The molecule has 4 atom stereocenters. The fraction of sp³-hybridized carbons (Fsp3) is 0.147. The molecule has 1 N–H and O–H groups in total. The van der Waals surface area contributed by atoms with Crippen molar-refractivity contribution in [3.8, 4) is 0 Å². The third-order valence-electron chi connectivity index (χ3n) is 8.69. The lowest BCUT2D eigenvalue weighted by Crippen LogP contribution is -2.51. The fourth-order valence-electron chi connectivity index (χ4n) is 6.97. The molecule has 1 amide bonds. The van der Waals surface area contributed by atoms with Gasteiger partial charge >= 0.3 is 0 Å². The first kappa shape index (κ1) is 25.8. The van der Waals surface area contributed by atoms with Crippen LogP contribution in [0.15, 0.2) is 103 Å². The Labute approximate surface area is 247 Å². The van der Waals surface area contributed by atoms with Crippen molar-refractivity contribution in [3.63, 3.8) is 0 Å². The van der Waals surface area contributed by atoms with Gasteiger partial charge in [0.05, 0.1) is 12.0 Å². The van der Waals surface area contributed by atoms with E-state index in [1.807, 2.05) is 66.4 Å². The Morgan fingerprint density at radius 3 is 2.05 bits per heavy atom. The third kappa shape index (κ3) is 3.66. The van der Waals surface area contributed by atoms with Crippen molar-refractivity contribution in [3.05, 3.63) is 135 Å². The number of hydrogen-bond acceptors (Lipinski definition) is 4. The van der Waals surface area contributed by atoms with Gasteiger partial charge in [-0.15, -0.1) is 0 Å². The molecule has 5 nitrogen and oxygen atoms in total. The lowest BCUT2D eigenvalue weighted by Gasteiger charge is -2.39. The lowest BCUT2D eigenvalue weighted by molar-refractivity contribution is -0.121. The molecule has 7 rings (SSSR count). The molecule has 4 aromatic carbocycles. The summed E-state index contributed by atoms with van der Waals surface area (Å²) in [6, 6.07) is 27.0. The Balaban J connectivity index is 1.55. The van der Waals surface area contributed by atoms with Gasteiger partial charge in [-0.2, -0.15) is 0 Å². The summed E-state index contributed by atoms with van der Waals surface area (Å²) < 4.78 is 0. The zero-order valence-corrected chi connectivity index (χ0v) is 23.5. The Kier molecular flexibility index (Phi) is 5.93. The molecule has 4 aromatic rings. The minimum Gasteiger partial charge on any atom is -0.352 e. The number of nitrogens with one attached hydrogen (secondary N) is 1. The molecule has 0 saturated carbocycles. The summed E-state index contributed by atoms with van der Waals surface area (Å²) in [6.07, 6.45) is 2.04. The van der Waals surface area contributed by atoms with E-state index in [9.17, 15) is 14.4 Å². The van der Waals surface area contributed by atoms with Gasteiger partial charge in [-0.3, -0.25) is 14.4 Å². The molecule has 0 unspecified atom stereocenters. The number of nitrogens with zero attached hydrogens (tertiary/aromatic N) is 1. The van der Waals surface area contributed by atoms with Crippen molar-refractivity contribution in [2.75, 3.05) is 10.2 Å². The van der Waals surface area contributed by atoms with Gasteiger partial charge in [-0.1, -0.05) is 65.7 Å². The van der Waals surface area contributed by atoms with Crippen LogP contribution in [0.2, 0.25) is 10.0 Å². The molecular formula is C34H24Cl2N2O3. The second-order valence-electron chi connectivity index (χ2n) is 10.8. The van der Waals surface area contributed by atoms with Crippen LogP contribution in [0, 0.1) is 5.92 Å². The number of Topliss-reactive ketones (excluding diaryl/α,β-unsaturated/α-hetero) is 2. The molecule has 1 spiro atoms. The summed E-state index contributed by atoms with van der Waals surface area (Å²) in [5.74, 6) is -1.89. The van der Waals surface area contributed by atoms with Gasteiger partial charge in [0.1, 0.15) is 11.5 Å². The second kappa shape index (κ2) is 9.44. The predicted octanol–water partition coefficient (Wildman–Crippen LogP) is 7.24. The van der Waals surface area contributed by atoms with Crippen LogP contribution in [0.25, 0.3) is 5.57 Å². The van der Waals surface area contributed by atoms with E-state index in [0.29, 0.717) is 32.4 Å². The highest BCUT2D eigenvalue weighted by Gasteiger charge is 2.70. The minimum atomic E-state index is -1.37. The normalized spacial score (nSPS) is 23.9. The number of anilines is 2. The quantitative estimate of drug-likeness (QED) is 0.259. The highest BCUT2D eigenvalue weighted by Crippen LogP contribution is 2.58. The number of hydrogen-bond donors (Lipinski definition) is 1. The van der Waals surface area contributed by atoms with Crippen molar-refractivity contribution in [1.29, 1.82) is 0 Å². The van der Waals surface area contributed by atoms with Gasteiger partial charge in [0.2, 0.25) is 5.91 Å². The number of ketones is 2. The average Bonchev–Trinajstić information content (AvgIpc) is 3.45. The first-order chi connectivity index (χ1) is 19.8. The molecule has 0 radical (unpaired) electrons. The first-order valence-corrected chi connectivity index (χ1v) is 14.1. The molecule has 1 saturated heterocycles. The minimum absolute atomic E-state index is 0.254. The molecule has 0 aliphatic carbocycles. The topological polar surface area (TPSA) is 66.5 Å². The average molecular weight is 579 g/mol. The number of halogens is 2. The van der Waals surface area contributed by atoms with E-state index in [-0.39, 0.29) is 17.5 Å². The molecule has 0 bridgehead atoms. The SMILES string of the molecule is CC1=C[C@@H]2N(c3ccccc31)[C@H](C(=O)c1ccc(Cl)cc1)[C@H](C(=O)c1ccc(Cl)cc1)[C@@]21C(=O)Nc2ccccc21. The van der Waals surface area contributed by atoms with E-state index in [4.69, 9.17) is 23.2 Å². The number of rotatable bonds is 4. The van der Waals surface area contributed by atoms with Crippen LogP contribution < -0.4 is 10.2 Å². The maximum Gasteiger partial charge on any atom is 0.238 e. The van der Waals surface area contributed by atoms with Crippen molar-refractivity contribution >= 4 is 57.6 Å². The lowest BCUT2D eigenvalue weighted by atomic mass is 9.64. The Bertz CT molecular complexity index is 1780. The first-order valence-electron chi connectivity index (χ1n) is 13.4. The van der Waals surface area contributed by atoms with Crippen LogP contribution in [0.4, 0.5) is 11.4 Å². The van der Waals surface area contributed by atoms with E-state index in [1.54, 1.807) is 48.5 Å². The van der Waals surface area contributed by atoms with Crippen LogP contribution in [0.5, 0.6) is 0 Å². The number of fused-ring (bicyclic) bond motifs is 6. The Morgan fingerprint density at radius 2 is 1.37 bits per heavy atom. The van der Waals surface area contributed by atoms with Gasteiger partial charge in [-0.05, 0) is 78.7 Å². The Morgan fingerprint density at radius 1 is 0.780 bits per heavy atom. The summed E-state index contributed by atoms with van der Waals surface area (Å²) >= 11 is 12.3. The fourth-order valence-corrected chi connectivity index (χ4v) is 7.22. The van der Waals surface area contributed by atoms with E-state index in [1.165, 1.54) is 0 Å². The molecule has 1 fully saturated rings. The number of carbonyl (C=O) groups excluding carboxylic acids is 3. The maximum atomic E-state index is 14.8. The van der Waals surface area contributed by atoms with E-state index >= 15 is 0 Å². The van der Waals surface area contributed by atoms with Crippen LogP contribution in [-0.4, -0.2) is 29.6 Å². The van der Waals surface area contributed by atoms with Crippen LogP contribution in [0.3, 0.4) is 0 Å². The number of para-hydroxylation sites is 2. The summed E-state index contributed by atoms with van der Waals surface area (Å²) in [5, 5.41) is 4.05. The standard InChI is InChI=1S/C34H24Cl2N2O3/c1-19-18-28-34(25-7-3-4-8-26(25)37-33(34)41)29(31(39)20-10-14-22(35)15-11-20)30(32(40)21-12-16-23(36)17-13-21)38(28)27-9-5-2-6-24(19)27/h2-18,28-30H,1H3,(H,37,41)/t28-,29+,30-,34-/m0/s1. The summed E-state index contributed by atoms with van der Waals surface area (Å²) in [7, 11) is 0. The van der Waals surface area contributed by atoms with Crippen molar-refractivity contribution in [2.45, 2.75) is 24.4 Å². The zero-order valence-electron chi connectivity index (χ0n) is 22.0. The number of benzene rings is 4. The predicted molar refractivity (Wildman–Crippen MR) is 162 cm³/mol. The summed E-state index contributed by atoms with van der Waals surface area (Å²) in [4.78, 5) is 45.8. The highest BCUT2D eigenvalue weighted by molar-refractivity contribution is 6.31. The van der Waals surface area contributed by atoms with Gasteiger partial charge in [-0.25, -0.2) is 0 Å². The largest absolute Gasteiger partial charge is 0.352 e. The van der Waals surface area contributed by atoms with Crippen LogP contribution in [-0.2, 0) is 10.2 Å². The molecular weight excluding hydrogens is 555 g/mol. The zero-order chi connectivity index (χ0) is 28.5. The van der Waals surface area contributed by atoms with Crippen LogP contribution in [0.1, 0.15) is 38.8 Å². The molecule has 0 aromatic heterocycles.